The Morgan fingerprint density at radius 2 is 1.75 bits per heavy atom. The lowest BCUT2D eigenvalue weighted by atomic mass is 9.71. The van der Waals surface area contributed by atoms with E-state index in [4.69, 9.17) is 0 Å². The van der Waals surface area contributed by atoms with Gasteiger partial charge >= 0.3 is 0 Å². The fourth-order valence-corrected chi connectivity index (χ4v) is 1.92. The molecule has 0 aromatic carbocycles. The first kappa shape index (κ1) is 10.0. The Bertz CT molecular complexity index is 152. The smallest absolute Gasteiger partial charge is 0.0301 e. The summed E-state index contributed by atoms with van der Waals surface area (Å²) in [6, 6.07) is 0. The van der Waals surface area contributed by atoms with E-state index in [1.54, 1.807) is 0 Å². The molecule has 1 aliphatic rings. The lowest BCUT2D eigenvalue weighted by molar-refractivity contribution is 0.0998. The molecule has 72 valence electrons. The highest BCUT2D eigenvalue weighted by atomic mass is 15.4. The lowest BCUT2D eigenvalue weighted by Crippen LogP contribution is -2.61. The molecule has 1 aliphatic carbocycles. The Balaban J connectivity index is 2.24. The van der Waals surface area contributed by atoms with Crippen molar-refractivity contribution in [1.29, 1.82) is 0 Å². The Hall–Kier alpha value is -0.0800. The van der Waals surface area contributed by atoms with Crippen LogP contribution in [0.2, 0.25) is 0 Å². The predicted octanol–water partition coefficient (Wildman–Crippen LogP) is 2.07. The molecule has 2 nitrogen and oxygen atoms in total. The van der Waals surface area contributed by atoms with Crippen LogP contribution in [0.1, 0.15) is 47.5 Å². The van der Waals surface area contributed by atoms with E-state index in [0.717, 1.165) is 5.92 Å². The van der Waals surface area contributed by atoms with E-state index in [9.17, 15) is 0 Å². The van der Waals surface area contributed by atoms with Crippen molar-refractivity contribution in [2.24, 2.45) is 5.92 Å². The van der Waals surface area contributed by atoms with E-state index in [0.29, 0.717) is 5.54 Å². The monoisotopic (exact) mass is 170 g/mol. The first-order valence-electron chi connectivity index (χ1n) is 4.85. The van der Waals surface area contributed by atoms with E-state index >= 15 is 0 Å². The normalized spacial score (nSPS) is 36.2. The van der Waals surface area contributed by atoms with Gasteiger partial charge < -0.3 is 0 Å². The second-order valence-electron chi connectivity index (χ2n) is 5.57. The third-order valence-electron chi connectivity index (χ3n) is 2.34. The average Bonchev–Trinajstić information content (AvgIpc) is 1.79. The molecule has 0 atom stereocenters. The summed E-state index contributed by atoms with van der Waals surface area (Å²) in [6.07, 6.45) is 2.58. The predicted molar refractivity (Wildman–Crippen MR) is 52.8 cm³/mol. The molecule has 0 aromatic heterocycles. The molecule has 0 bridgehead atoms. The highest BCUT2D eigenvalue weighted by Crippen LogP contribution is 2.36. The molecule has 2 heteroatoms. The van der Waals surface area contributed by atoms with Crippen LogP contribution in [0, 0.1) is 5.92 Å². The Labute approximate surface area is 76.1 Å². The Kier molecular flexibility index (Phi) is 2.50. The zero-order chi connectivity index (χ0) is 9.41. The molecule has 1 fully saturated rings. The van der Waals surface area contributed by atoms with Gasteiger partial charge in [0, 0.05) is 11.1 Å². The molecule has 0 saturated heterocycles. The number of rotatable bonds is 2. The van der Waals surface area contributed by atoms with Crippen molar-refractivity contribution >= 4 is 0 Å². The van der Waals surface area contributed by atoms with Crippen LogP contribution in [0.4, 0.5) is 0 Å². The van der Waals surface area contributed by atoms with Crippen LogP contribution in [-0.2, 0) is 0 Å². The third-order valence-corrected chi connectivity index (χ3v) is 2.34. The zero-order valence-electron chi connectivity index (χ0n) is 8.99. The van der Waals surface area contributed by atoms with Crippen molar-refractivity contribution in [2.75, 3.05) is 0 Å². The molecule has 0 amide bonds. The minimum Gasteiger partial charge on any atom is -0.252 e. The minimum atomic E-state index is 0.168. The summed E-state index contributed by atoms with van der Waals surface area (Å²) < 4.78 is 0. The van der Waals surface area contributed by atoms with E-state index < -0.39 is 0 Å². The molecule has 2 N–H and O–H groups in total. The molecule has 1 rings (SSSR count). The molecule has 12 heavy (non-hydrogen) atoms. The van der Waals surface area contributed by atoms with E-state index in [2.05, 4.69) is 45.5 Å². The van der Waals surface area contributed by atoms with Crippen LogP contribution in [0.25, 0.3) is 0 Å². The summed E-state index contributed by atoms with van der Waals surface area (Å²) in [5, 5.41) is 0. The van der Waals surface area contributed by atoms with E-state index in [1.165, 1.54) is 12.8 Å². The Morgan fingerprint density at radius 1 is 1.25 bits per heavy atom. The van der Waals surface area contributed by atoms with Crippen molar-refractivity contribution in [2.45, 2.75) is 58.5 Å². The summed E-state index contributed by atoms with van der Waals surface area (Å²) >= 11 is 0. The van der Waals surface area contributed by atoms with Gasteiger partial charge in [-0.15, -0.1) is 0 Å². The van der Waals surface area contributed by atoms with Crippen LogP contribution in [0.3, 0.4) is 0 Å². The van der Waals surface area contributed by atoms with Gasteiger partial charge in [0.1, 0.15) is 0 Å². The van der Waals surface area contributed by atoms with E-state index in [1.807, 2.05) is 0 Å². The van der Waals surface area contributed by atoms with Gasteiger partial charge in [-0.2, -0.15) is 0 Å². The maximum absolute atomic E-state index is 3.42. The van der Waals surface area contributed by atoms with Crippen molar-refractivity contribution in [3.63, 3.8) is 0 Å². The van der Waals surface area contributed by atoms with Gasteiger partial charge in [-0.1, -0.05) is 6.92 Å². The largest absolute Gasteiger partial charge is 0.252 e. The Morgan fingerprint density at radius 3 is 2.08 bits per heavy atom. The van der Waals surface area contributed by atoms with Crippen molar-refractivity contribution in [3.8, 4) is 0 Å². The number of hydrogen-bond acceptors (Lipinski definition) is 2. The summed E-state index contributed by atoms with van der Waals surface area (Å²) in [5.41, 5.74) is 7.26. The third kappa shape index (κ3) is 2.76. The first-order valence-corrected chi connectivity index (χ1v) is 4.85. The second kappa shape index (κ2) is 3.00. The van der Waals surface area contributed by atoms with Gasteiger partial charge in [-0.3, -0.25) is 10.9 Å². The van der Waals surface area contributed by atoms with Crippen LogP contribution in [0.5, 0.6) is 0 Å². The molecular formula is C10H22N2. The summed E-state index contributed by atoms with van der Waals surface area (Å²) in [5.74, 6) is 0.893. The fourth-order valence-electron chi connectivity index (χ4n) is 1.92. The molecule has 0 spiro atoms. The van der Waals surface area contributed by atoms with E-state index in [-0.39, 0.29) is 5.54 Å². The molecule has 0 aliphatic heterocycles. The lowest BCUT2D eigenvalue weighted by Gasteiger charge is -2.46. The standard InChI is InChI=1S/C10H22N2/c1-8-6-10(5,7-8)12-11-9(2,3)4/h8,11-12H,6-7H2,1-5H3. The molecule has 0 heterocycles. The van der Waals surface area contributed by atoms with Gasteiger partial charge in [0.05, 0.1) is 0 Å². The zero-order valence-corrected chi connectivity index (χ0v) is 8.99. The molecule has 0 aromatic rings. The van der Waals surface area contributed by atoms with Gasteiger partial charge in [-0.25, -0.2) is 0 Å². The van der Waals surface area contributed by atoms with Gasteiger partial charge in [0.2, 0.25) is 0 Å². The topological polar surface area (TPSA) is 24.1 Å². The maximum Gasteiger partial charge on any atom is 0.0301 e. The molecular weight excluding hydrogens is 148 g/mol. The van der Waals surface area contributed by atoms with Gasteiger partial charge in [0.15, 0.2) is 0 Å². The second-order valence-corrected chi connectivity index (χ2v) is 5.57. The highest BCUT2D eigenvalue weighted by Gasteiger charge is 2.37. The highest BCUT2D eigenvalue weighted by molar-refractivity contribution is 4.95. The first-order chi connectivity index (χ1) is 5.31. The molecule has 0 radical (unpaired) electrons. The van der Waals surface area contributed by atoms with Gasteiger partial charge in [-0.05, 0) is 46.5 Å². The number of hydrazine groups is 1. The summed E-state index contributed by atoms with van der Waals surface area (Å²) in [4.78, 5) is 0. The minimum absolute atomic E-state index is 0.168. The molecule has 0 unspecified atom stereocenters. The van der Waals surface area contributed by atoms with Crippen molar-refractivity contribution in [3.05, 3.63) is 0 Å². The van der Waals surface area contributed by atoms with Crippen molar-refractivity contribution in [1.82, 2.24) is 10.9 Å². The van der Waals surface area contributed by atoms with Crippen LogP contribution in [0.15, 0.2) is 0 Å². The summed E-state index contributed by atoms with van der Waals surface area (Å²) in [7, 11) is 0. The van der Waals surface area contributed by atoms with Crippen LogP contribution < -0.4 is 10.9 Å². The van der Waals surface area contributed by atoms with Crippen LogP contribution >= 0.6 is 0 Å². The summed E-state index contributed by atoms with van der Waals surface area (Å²) in [6.45, 7) is 11.1. The van der Waals surface area contributed by atoms with Crippen molar-refractivity contribution < 1.29 is 0 Å². The molecule has 1 saturated carbocycles. The van der Waals surface area contributed by atoms with Gasteiger partial charge in [0.25, 0.3) is 0 Å². The fraction of sp³-hybridized carbons (Fsp3) is 1.00. The van der Waals surface area contributed by atoms with Crippen LogP contribution in [-0.4, -0.2) is 11.1 Å². The quantitative estimate of drug-likeness (QED) is 0.620. The average molecular weight is 170 g/mol. The SMILES string of the molecule is CC1CC(C)(NNC(C)(C)C)C1. The maximum atomic E-state index is 3.42. The number of hydrogen-bond donors (Lipinski definition) is 2. The number of nitrogens with one attached hydrogen (secondary N) is 2.